The Balaban J connectivity index is 1.74. The number of aryl methyl sites for hydroxylation is 2. The molecule has 0 N–H and O–H groups in total. The van der Waals surface area contributed by atoms with E-state index in [2.05, 4.69) is 30.1 Å². The second-order valence-corrected chi connectivity index (χ2v) is 5.33. The second-order valence-electron chi connectivity index (χ2n) is 5.33. The first-order valence-corrected chi connectivity index (χ1v) is 7.16. The number of fused-ring (bicyclic) bond motifs is 1. The molecule has 0 fully saturated rings. The highest BCUT2D eigenvalue weighted by Gasteiger charge is 2.08. The lowest BCUT2D eigenvalue weighted by Gasteiger charge is -2.04. The van der Waals surface area contributed by atoms with Gasteiger partial charge in [0.2, 0.25) is 0 Å². The third-order valence-electron chi connectivity index (χ3n) is 3.64. The highest BCUT2D eigenvalue weighted by atomic mass is 16.1. The molecule has 21 heavy (non-hydrogen) atoms. The molecular formula is C19H17NO. The molecule has 0 saturated heterocycles. The summed E-state index contributed by atoms with van der Waals surface area (Å²) < 4.78 is 0. The lowest BCUT2D eigenvalue weighted by molar-refractivity contribution is 0.0982. The SMILES string of the molecule is Cc1cccc(CCC(=O)c2cnc3ccccc3c2)c1. The molecule has 1 heterocycles. The summed E-state index contributed by atoms with van der Waals surface area (Å²) in [5.41, 5.74) is 4.05. The van der Waals surface area contributed by atoms with E-state index >= 15 is 0 Å². The van der Waals surface area contributed by atoms with Gasteiger partial charge in [0.25, 0.3) is 0 Å². The van der Waals surface area contributed by atoms with Crippen LogP contribution in [0, 0.1) is 6.92 Å². The number of benzene rings is 2. The van der Waals surface area contributed by atoms with Crippen LogP contribution < -0.4 is 0 Å². The fraction of sp³-hybridized carbons (Fsp3) is 0.158. The fourth-order valence-corrected chi connectivity index (χ4v) is 2.49. The summed E-state index contributed by atoms with van der Waals surface area (Å²) in [5, 5.41) is 1.01. The predicted molar refractivity (Wildman–Crippen MR) is 85.6 cm³/mol. The Morgan fingerprint density at radius 1 is 1.05 bits per heavy atom. The van der Waals surface area contributed by atoms with Crippen LogP contribution in [0.2, 0.25) is 0 Å². The van der Waals surface area contributed by atoms with Crippen molar-refractivity contribution >= 4 is 16.7 Å². The van der Waals surface area contributed by atoms with Gasteiger partial charge in [-0.25, -0.2) is 0 Å². The van der Waals surface area contributed by atoms with Gasteiger partial charge in [-0.05, 0) is 31.0 Å². The molecule has 0 spiro atoms. The number of Topliss-reactive ketones (excluding diaryl/α,β-unsaturated/α-hetero) is 1. The van der Waals surface area contributed by atoms with E-state index in [1.54, 1.807) is 6.20 Å². The van der Waals surface area contributed by atoms with E-state index in [4.69, 9.17) is 0 Å². The van der Waals surface area contributed by atoms with Gasteiger partial charge in [0, 0.05) is 23.6 Å². The molecule has 3 aromatic rings. The van der Waals surface area contributed by atoms with Gasteiger partial charge in [-0.1, -0.05) is 48.0 Å². The average molecular weight is 275 g/mol. The molecule has 0 atom stereocenters. The maximum atomic E-state index is 12.3. The summed E-state index contributed by atoms with van der Waals surface area (Å²) in [6.07, 6.45) is 2.97. The van der Waals surface area contributed by atoms with Crippen molar-refractivity contribution in [2.24, 2.45) is 0 Å². The van der Waals surface area contributed by atoms with Crippen molar-refractivity contribution in [3.63, 3.8) is 0 Å². The van der Waals surface area contributed by atoms with Crippen LogP contribution in [-0.2, 0) is 6.42 Å². The number of rotatable bonds is 4. The summed E-state index contributed by atoms with van der Waals surface area (Å²) in [4.78, 5) is 16.7. The summed E-state index contributed by atoms with van der Waals surface area (Å²) in [6, 6.07) is 18.1. The van der Waals surface area contributed by atoms with Crippen LogP contribution in [0.1, 0.15) is 27.9 Å². The number of hydrogen-bond acceptors (Lipinski definition) is 2. The standard InChI is InChI=1S/C19H17NO/c1-14-5-4-6-15(11-14)9-10-19(21)17-12-16-7-2-3-8-18(16)20-13-17/h2-8,11-13H,9-10H2,1H3. The van der Waals surface area contributed by atoms with Gasteiger partial charge in [-0.15, -0.1) is 0 Å². The summed E-state index contributed by atoms with van der Waals surface area (Å²) >= 11 is 0. The summed E-state index contributed by atoms with van der Waals surface area (Å²) in [5.74, 6) is 0.148. The fourth-order valence-electron chi connectivity index (χ4n) is 2.49. The van der Waals surface area contributed by atoms with E-state index in [0.717, 1.165) is 17.3 Å². The molecule has 0 aliphatic rings. The van der Waals surface area contributed by atoms with E-state index in [1.807, 2.05) is 36.4 Å². The van der Waals surface area contributed by atoms with E-state index in [0.29, 0.717) is 12.0 Å². The number of nitrogens with zero attached hydrogens (tertiary/aromatic N) is 1. The first kappa shape index (κ1) is 13.5. The molecule has 3 rings (SSSR count). The Bertz CT molecular complexity index is 792. The predicted octanol–water partition coefficient (Wildman–Crippen LogP) is 4.36. The Hall–Kier alpha value is -2.48. The van der Waals surface area contributed by atoms with Crippen molar-refractivity contribution in [1.29, 1.82) is 0 Å². The molecular weight excluding hydrogens is 258 g/mol. The maximum Gasteiger partial charge on any atom is 0.164 e. The van der Waals surface area contributed by atoms with Crippen molar-refractivity contribution in [3.8, 4) is 0 Å². The minimum absolute atomic E-state index is 0.148. The number of pyridine rings is 1. The van der Waals surface area contributed by atoms with Gasteiger partial charge in [-0.2, -0.15) is 0 Å². The summed E-state index contributed by atoms with van der Waals surface area (Å²) in [7, 11) is 0. The number of ketones is 1. The van der Waals surface area contributed by atoms with Crippen molar-refractivity contribution < 1.29 is 4.79 Å². The topological polar surface area (TPSA) is 30.0 Å². The molecule has 2 heteroatoms. The van der Waals surface area contributed by atoms with Crippen molar-refractivity contribution in [2.75, 3.05) is 0 Å². The molecule has 0 bridgehead atoms. The minimum atomic E-state index is 0.148. The number of carbonyl (C=O) groups excluding carboxylic acids is 1. The van der Waals surface area contributed by atoms with E-state index in [1.165, 1.54) is 11.1 Å². The largest absolute Gasteiger partial charge is 0.294 e. The lowest BCUT2D eigenvalue weighted by Crippen LogP contribution is -2.02. The second kappa shape index (κ2) is 5.88. The molecule has 0 radical (unpaired) electrons. The zero-order valence-corrected chi connectivity index (χ0v) is 12.0. The molecule has 104 valence electrons. The van der Waals surface area contributed by atoms with Crippen LogP contribution in [0.5, 0.6) is 0 Å². The molecule has 0 aliphatic carbocycles. The molecule has 0 saturated carbocycles. The first-order chi connectivity index (χ1) is 10.2. The first-order valence-electron chi connectivity index (χ1n) is 7.16. The van der Waals surface area contributed by atoms with Crippen LogP contribution in [-0.4, -0.2) is 10.8 Å². The summed E-state index contributed by atoms with van der Waals surface area (Å²) in [6.45, 7) is 2.07. The van der Waals surface area contributed by atoms with Crippen LogP contribution in [0.3, 0.4) is 0 Å². The van der Waals surface area contributed by atoms with Crippen LogP contribution >= 0.6 is 0 Å². The van der Waals surface area contributed by atoms with Gasteiger partial charge in [0.15, 0.2) is 5.78 Å². The van der Waals surface area contributed by atoms with Gasteiger partial charge in [0.05, 0.1) is 5.52 Å². The van der Waals surface area contributed by atoms with Crippen LogP contribution in [0.4, 0.5) is 0 Å². The van der Waals surface area contributed by atoms with E-state index in [9.17, 15) is 4.79 Å². The van der Waals surface area contributed by atoms with E-state index in [-0.39, 0.29) is 5.78 Å². The monoisotopic (exact) mass is 275 g/mol. The molecule has 0 amide bonds. The third kappa shape index (κ3) is 3.16. The quantitative estimate of drug-likeness (QED) is 0.662. The van der Waals surface area contributed by atoms with Crippen molar-refractivity contribution in [3.05, 3.63) is 77.5 Å². The lowest BCUT2D eigenvalue weighted by atomic mass is 10.0. The zero-order chi connectivity index (χ0) is 14.7. The zero-order valence-electron chi connectivity index (χ0n) is 12.0. The normalized spacial score (nSPS) is 10.7. The van der Waals surface area contributed by atoms with Crippen molar-refractivity contribution in [1.82, 2.24) is 4.98 Å². The van der Waals surface area contributed by atoms with Gasteiger partial charge < -0.3 is 0 Å². The highest BCUT2D eigenvalue weighted by molar-refractivity contribution is 5.98. The third-order valence-corrected chi connectivity index (χ3v) is 3.64. The average Bonchev–Trinajstić information content (AvgIpc) is 2.52. The Kier molecular flexibility index (Phi) is 3.78. The molecule has 0 unspecified atom stereocenters. The van der Waals surface area contributed by atoms with Crippen LogP contribution in [0.25, 0.3) is 10.9 Å². The van der Waals surface area contributed by atoms with Gasteiger partial charge >= 0.3 is 0 Å². The maximum absolute atomic E-state index is 12.3. The highest BCUT2D eigenvalue weighted by Crippen LogP contribution is 2.15. The molecule has 1 aromatic heterocycles. The van der Waals surface area contributed by atoms with E-state index < -0.39 is 0 Å². The Labute approximate surface area is 124 Å². The molecule has 2 nitrogen and oxygen atoms in total. The van der Waals surface area contributed by atoms with Crippen LogP contribution in [0.15, 0.2) is 60.8 Å². The molecule has 2 aromatic carbocycles. The molecule has 0 aliphatic heterocycles. The smallest absolute Gasteiger partial charge is 0.164 e. The number of carbonyl (C=O) groups is 1. The number of aromatic nitrogens is 1. The minimum Gasteiger partial charge on any atom is -0.294 e. The van der Waals surface area contributed by atoms with Gasteiger partial charge in [0.1, 0.15) is 0 Å². The van der Waals surface area contributed by atoms with Crippen molar-refractivity contribution in [2.45, 2.75) is 19.8 Å². The van der Waals surface area contributed by atoms with Gasteiger partial charge in [-0.3, -0.25) is 9.78 Å². The Morgan fingerprint density at radius 2 is 1.90 bits per heavy atom. The Morgan fingerprint density at radius 3 is 2.76 bits per heavy atom. The number of hydrogen-bond donors (Lipinski definition) is 0. The number of para-hydroxylation sites is 1.